The van der Waals surface area contributed by atoms with Crippen LogP contribution in [0.3, 0.4) is 0 Å². The van der Waals surface area contributed by atoms with E-state index < -0.39 is 0 Å². The van der Waals surface area contributed by atoms with Crippen molar-refractivity contribution in [2.24, 2.45) is 0 Å². The van der Waals surface area contributed by atoms with Gasteiger partial charge in [0.15, 0.2) is 0 Å². The van der Waals surface area contributed by atoms with Crippen molar-refractivity contribution in [3.05, 3.63) is 0 Å². The van der Waals surface area contributed by atoms with Crippen molar-refractivity contribution in [3.63, 3.8) is 0 Å². The molecule has 0 unspecified atom stereocenters. The first kappa shape index (κ1) is 147. The van der Waals surface area contributed by atoms with Crippen molar-refractivity contribution < 1.29 is 34.0 Å². The zero-order valence-electron chi connectivity index (χ0n) is 1.76. The number of halogens is 2. The minimum Gasteiger partial charge on any atom is -1.00 e. The van der Waals surface area contributed by atoms with E-state index in [1.54, 1.807) is 0 Å². The summed E-state index contributed by atoms with van der Waals surface area (Å²) < 4.78 is 0. The van der Waals surface area contributed by atoms with Crippen molar-refractivity contribution in [2.75, 3.05) is 0 Å². The summed E-state index contributed by atoms with van der Waals surface area (Å²) in [5.74, 6) is 0. The van der Waals surface area contributed by atoms with Crippen LogP contribution < -0.4 is 34.0 Å². The van der Waals surface area contributed by atoms with Gasteiger partial charge in [0.1, 0.15) is 0 Å². The fourth-order valence-electron chi connectivity index (χ4n) is 0. The van der Waals surface area contributed by atoms with Gasteiger partial charge in [0.25, 0.3) is 0 Å². The summed E-state index contributed by atoms with van der Waals surface area (Å²) in [4.78, 5) is 0. The number of hydrogen-bond acceptors (Lipinski definition) is 0. The van der Waals surface area contributed by atoms with Gasteiger partial charge in [-0.1, -0.05) is 29.7 Å². The zero-order valence-corrected chi connectivity index (χ0v) is 10.6. The fourth-order valence-corrected chi connectivity index (χ4v) is 0. The Balaban J connectivity index is 0. The van der Waals surface area contributed by atoms with E-state index in [-0.39, 0.29) is 111 Å². The van der Waals surface area contributed by atoms with E-state index in [2.05, 4.69) is 0 Å². The van der Waals surface area contributed by atoms with Gasteiger partial charge >= 0.3 is 0 Å². The first-order chi connectivity index (χ1) is 0. The molecule has 0 N–H and O–H groups in total. The molecule has 0 amide bonds. The van der Waals surface area contributed by atoms with E-state index in [0.717, 1.165) is 0 Å². The summed E-state index contributed by atoms with van der Waals surface area (Å²) >= 11 is 0. The number of rotatable bonds is 0. The van der Waals surface area contributed by atoms with Crippen LogP contribution in [0.1, 0.15) is 29.7 Å². The molecule has 0 nitrogen and oxygen atoms in total. The second-order valence-corrected chi connectivity index (χ2v) is 0. The van der Waals surface area contributed by atoms with Gasteiger partial charge in [0, 0.05) is 47.8 Å². The van der Waals surface area contributed by atoms with Gasteiger partial charge in [-0.2, -0.15) is 0 Å². The molecule has 0 aliphatic rings. The zero-order chi connectivity index (χ0) is 0. The van der Waals surface area contributed by atoms with Crippen LogP contribution in [0.25, 0.3) is 0 Å². The Bertz CT molecular complexity index is 12.0. The van der Waals surface area contributed by atoms with Crippen LogP contribution in [0.15, 0.2) is 0 Å². The minimum atomic E-state index is 0. The van der Waals surface area contributed by atoms with Crippen LogP contribution in [0.4, 0.5) is 0 Å². The van der Waals surface area contributed by atoms with Crippen molar-refractivity contribution in [3.8, 4) is 0 Å². The largest absolute Gasteiger partial charge is 1.00 e. The number of hydrogen-bond donors (Lipinski definition) is 0. The summed E-state index contributed by atoms with van der Waals surface area (Å²) in [6.45, 7) is 0. The quantitative estimate of drug-likeness (QED) is 0.321. The first-order valence-corrected chi connectivity index (χ1v) is 0. The molecule has 0 fully saturated rings. The van der Waals surface area contributed by atoms with E-state index >= 15 is 0 Å². The van der Waals surface area contributed by atoms with Crippen LogP contribution in [-0.4, -0.2) is 47.8 Å². The maximum Gasteiger partial charge on any atom is 0 e. The van der Waals surface area contributed by atoms with E-state index in [1.165, 1.54) is 0 Å². The molecule has 0 aromatic carbocycles. The van der Waals surface area contributed by atoms with Crippen LogP contribution in [-0.2, 0) is 0 Å². The smallest absolute Gasteiger partial charge is 0 e. The molecular weight excluding hydrogens is 445 g/mol. The molecule has 0 aromatic heterocycles. The van der Waals surface area contributed by atoms with E-state index in [0.29, 0.717) is 0 Å². The Kier molecular flexibility index (Phi) is 1970. The van der Waals surface area contributed by atoms with Crippen molar-refractivity contribution in [1.29, 1.82) is 0 Å². The molecule has 0 aromatic rings. The summed E-state index contributed by atoms with van der Waals surface area (Å²) in [7, 11) is 0. The molecule has 0 rings (SSSR count). The van der Waals surface area contributed by atoms with E-state index in [9.17, 15) is 0 Å². The summed E-state index contributed by atoms with van der Waals surface area (Å²) in [5.41, 5.74) is 0. The maximum atomic E-state index is 0. The molecular formula is C4H16Br2Sn2-2. The third kappa shape index (κ3) is 74.7. The van der Waals surface area contributed by atoms with Gasteiger partial charge < -0.3 is 34.0 Å². The Morgan fingerprint density at radius 3 is 0.375 bits per heavy atom. The van der Waals surface area contributed by atoms with Crippen LogP contribution in [0, 0.1) is 0 Å². The van der Waals surface area contributed by atoms with Gasteiger partial charge in [-0.15, -0.1) is 0 Å². The minimum absolute atomic E-state index is 0. The Morgan fingerprint density at radius 2 is 0.375 bits per heavy atom. The molecule has 0 saturated heterocycles. The average Bonchev–Trinajstić information content (AvgIpc) is 0. The Hall–Kier alpha value is 2.56. The molecule has 4 heteroatoms. The standard InChI is InChI=1S/4CH4.2BrH.2Sn/h4*1H4;2*1H;;/p-2. The van der Waals surface area contributed by atoms with Crippen LogP contribution in [0.2, 0.25) is 0 Å². The predicted octanol–water partition coefficient (Wildman–Crippen LogP) is -4.21. The molecule has 0 aliphatic carbocycles. The molecule has 0 heterocycles. The van der Waals surface area contributed by atoms with Gasteiger partial charge in [-0.25, -0.2) is 0 Å². The molecule has 8 radical (unpaired) electrons. The van der Waals surface area contributed by atoms with Crippen molar-refractivity contribution in [2.45, 2.75) is 29.7 Å². The van der Waals surface area contributed by atoms with Crippen LogP contribution in [0.5, 0.6) is 0 Å². The molecule has 56 valence electrons. The molecule has 0 aliphatic heterocycles. The monoisotopic (exact) mass is 462 g/mol. The average molecular weight is 461 g/mol. The molecule has 8 heavy (non-hydrogen) atoms. The predicted molar refractivity (Wildman–Crippen MR) is 38.4 cm³/mol. The topological polar surface area (TPSA) is 0 Å². The summed E-state index contributed by atoms with van der Waals surface area (Å²) in [6, 6.07) is 0. The molecule has 0 atom stereocenters. The van der Waals surface area contributed by atoms with Gasteiger partial charge in [-0.05, 0) is 0 Å². The maximum absolute atomic E-state index is 0. The molecule has 0 spiro atoms. The third-order valence-corrected chi connectivity index (χ3v) is 0. The summed E-state index contributed by atoms with van der Waals surface area (Å²) in [5, 5.41) is 0. The van der Waals surface area contributed by atoms with Gasteiger partial charge in [-0.3, -0.25) is 0 Å². The molecule has 0 bridgehead atoms. The second-order valence-electron chi connectivity index (χ2n) is 0. The Morgan fingerprint density at radius 1 is 0.375 bits per heavy atom. The van der Waals surface area contributed by atoms with E-state index in [1.807, 2.05) is 0 Å². The van der Waals surface area contributed by atoms with Gasteiger partial charge in [0.05, 0.1) is 0 Å². The SMILES string of the molecule is C.C.C.C.[Br-].[Br-].[Sn].[Sn]. The fraction of sp³-hybridized carbons (Fsp3) is 1.00. The van der Waals surface area contributed by atoms with Crippen LogP contribution >= 0.6 is 0 Å². The summed E-state index contributed by atoms with van der Waals surface area (Å²) in [6.07, 6.45) is 0. The van der Waals surface area contributed by atoms with Crippen molar-refractivity contribution >= 4 is 47.8 Å². The van der Waals surface area contributed by atoms with E-state index in [4.69, 9.17) is 0 Å². The second kappa shape index (κ2) is 107. The Labute approximate surface area is 110 Å². The third-order valence-electron chi connectivity index (χ3n) is 0. The first-order valence-electron chi connectivity index (χ1n) is 0. The van der Waals surface area contributed by atoms with Crippen molar-refractivity contribution in [1.82, 2.24) is 0 Å². The normalized spacial score (nSPS) is 0. The molecule has 0 saturated carbocycles. The van der Waals surface area contributed by atoms with Gasteiger partial charge in [0.2, 0.25) is 0 Å².